The fourth-order valence-corrected chi connectivity index (χ4v) is 4.27. The van der Waals surface area contributed by atoms with Crippen LogP contribution in [0.15, 0.2) is 48.6 Å². The molecular formula is C20H20N2O2. The van der Waals surface area contributed by atoms with Crippen molar-refractivity contribution in [2.45, 2.75) is 32.2 Å². The van der Waals surface area contributed by atoms with Crippen molar-refractivity contribution in [1.29, 1.82) is 0 Å². The van der Waals surface area contributed by atoms with Gasteiger partial charge in [-0.15, -0.1) is 0 Å². The van der Waals surface area contributed by atoms with E-state index < -0.39 is 0 Å². The minimum atomic E-state index is -0.347. The molecule has 24 heavy (non-hydrogen) atoms. The minimum Gasteiger partial charge on any atom is -0.378 e. The first-order valence-corrected chi connectivity index (χ1v) is 8.33. The van der Waals surface area contributed by atoms with Crippen LogP contribution in [0.1, 0.15) is 40.6 Å². The number of aryl methyl sites for hydroxylation is 2. The molecule has 0 aromatic heterocycles. The lowest BCUT2D eigenvalue weighted by atomic mass is 9.75. The van der Waals surface area contributed by atoms with E-state index in [1.165, 1.54) is 22.4 Å². The SMILES string of the molecule is Cc1cc(C)c2c(c1)N[C@@H](c1ccc([N+](=O)[O-])cc1)[C@H]1CC=C[C@H]21. The lowest BCUT2D eigenvalue weighted by Crippen LogP contribution is -2.29. The summed E-state index contributed by atoms with van der Waals surface area (Å²) in [5.41, 5.74) is 6.44. The molecule has 1 heterocycles. The van der Waals surface area contributed by atoms with Gasteiger partial charge in [-0.25, -0.2) is 0 Å². The van der Waals surface area contributed by atoms with E-state index in [2.05, 4.69) is 43.4 Å². The number of nitrogens with zero attached hydrogens (tertiary/aromatic N) is 1. The summed E-state index contributed by atoms with van der Waals surface area (Å²) in [6, 6.07) is 11.6. The van der Waals surface area contributed by atoms with E-state index >= 15 is 0 Å². The van der Waals surface area contributed by atoms with Crippen molar-refractivity contribution < 1.29 is 4.92 Å². The fourth-order valence-electron chi connectivity index (χ4n) is 4.27. The Balaban J connectivity index is 1.76. The second-order valence-electron chi connectivity index (χ2n) is 6.87. The quantitative estimate of drug-likeness (QED) is 0.479. The number of allylic oxidation sites excluding steroid dienone is 2. The number of fused-ring (bicyclic) bond motifs is 3. The third-order valence-corrected chi connectivity index (χ3v) is 5.28. The van der Waals surface area contributed by atoms with Gasteiger partial charge in [0.15, 0.2) is 0 Å². The molecule has 1 N–H and O–H groups in total. The molecule has 0 unspecified atom stereocenters. The molecule has 0 fully saturated rings. The van der Waals surface area contributed by atoms with Gasteiger partial charge in [-0.1, -0.05) is 30.4 Å². The van der Waals surface area contributed by atoms with Crippen molar-refractivity contribution >= 4 is 11.4 Å². The third-order valence-electron chi connectivity index (χ3n) is 5.28. The highest BCUT2D eigenvalue weighted by atomic mass is 16.6. The van der Waals surface area contributed by atoms with Gasteiger partial charge in [0.2, 0.25) is 0 Å². The van der Waals surface area contributed by atoms with Gasteiger partial charge in [0.05, 0.1) is 11.0 Å². The normalized spacial score (nSPS) is 24.2. The number of benzene rings is 2. The molecule has 3 atom stereocenters. The lowest BCUT2D eigenvalue weighted by Gasteiger charge is -2.38. The second-order valence-corrected chi connectivity index (χ2v) is 6.87. The summed E-state index contributed by atoms with van der Waals surface area (Å²) < 4.78 is 0. The smallest absolute Gasteiger partial charge is 0.269 e. The van der Waals surface area contributed by atoms with Gasteiger partial charge in [0.25, 0.3) is 5.69 Å². The van der Waals surface area contributed by atoms with Crippen LogP contribution in [0.25, 0.3) is 0 Å². The number of nitrogens with one attached hydrogen (secondary N) is 1. The van der Waals surface area contributed by atoms with Gasteiger partial charge < -0.3 is 5.32 Å². The number of nitro benzene ring substituents is 1. The summed E-state index contributed by atoms with van der Waals surface area (Å²) >= 11 is 0. The average Bonchev–Trinajstić information content (AvgIpc) is 3.02. The van der Waals surface area contributed by atoms with Crippen molar-refractivity contribution in [3.63, 3.8) is 0 Å². The lowest BCUT2D eigenvalue weighted by molar-refractivity contribution is -0.384. The summed E-state index contributed by atoms with van der Waals surface area (Å²) in [7, 11) is 0. The van der Waals surface area contributed by atoms with E-state index in [1.807, 2.05) is 12.1 Å². The summed E-state index contributed by atoms with van der Waals surface area (Å²) in [4.78, 5) is 10.5. The van der Waals surface area contributed by atoms with Crippen molar-refractivity contribution in [2.24, 2.45) is 5.92 Å². The van der Waals surface area contributed by atoms with Gasteiger partial charge >= 0.3 is 0 Å². The molecule has 4 nitrogen and oxygen atoms in total. The topological polar surface area (TPSA) is 55.2 Å². The molecule has 0 amide bonds. The zero-order valence-corrected chi connectivity index (χ0v) is 13.8. The van der Waals surface area contributed by atoms with Crippen LogP contribution in [0.2, 0.25) is 0 Å². The monoisotopic (exact) mass is 320 g/mol. The highest BCUT2D eigenvalue weighted by molar-refractivity contribution is 5.63. The molecule has 1 aliphatic carbocycles. The van der Waals surface area contributed by atoms with E-state index in [9.17, 15) is 10.1 Å². The number of rotatable bonds is 2. The Kier molecular flexibility index (Phi) is 3.41. The van der Waals surface area contributed by atoms with Crippen molar-refractivity contribution in [3.8, 4) is 0 Å². The Morgan fingerprint density at radius 1 is 1.17 bits per heavy atom. The Bertz CT molecular complexity index is 839. The molecular weight excluding hydrogens is 300 g/mol. The first kappa shape index (κ1) is 14.9. The Labute approximate surface area is 141 Å². The second kappa shape index (κ2) is 5.48. The van der Waals surface area contributed by atoms with Gasteiger partial charge in [0.1, 0.15) is 0 Å². The largest absolute Gasteiger partial charge is 0.378 e. The summed E-state index contributed by atoms with van der Waals surface area (Å²) in [6.07, 6.45) is 5.63. The number of non-ortho nitro benzene ring substituents is 1. The van der Waals surface area contributed by atoms with Crippen molar-refractivity contribution in [3.05, 3.63) is 80.9 Å². The average molecular weight is 320 g/mol. The standard InChI is InChI=1S/C20H20N2O2/c1-12-10-13(2)19-16-4-3-5-17(16)20(21-18(19)11-12)14-6-8-15(9-7-14)22(23)24/h3-4,6-11,16-17,20-21H,5H2,1-2H3/t16-,17-,20-/m0/s1. The molecule has 2 aromatic rings. The summed E-state index contributed by atoms with van der Waals surface area (Å²) in [5, 5.41) is 14.6. The molecule has 2 aromatic carbocycles. The maximum atomic E-state index is 10.9. The summed E-state index contributed by atoms with van der Waals surface area (Å²) in [5.74, 6) is 0.877. The van der Waals surface area contributed by atoms with Crippen LogP contribution in [-0.2, 0) is 0 Å². The predicted molar refractivity (Wildman–Crippen MR) is 95.4 cm³/mol. The molecule has 0 spiro atoms. The highest BCUT2D eigenvalue weighted by Crippen LogP contribution is 2.51. The molecule has 0 radical (unpaired) electrons. The van der Waals surface area contributed by atoms with Crippen LogP contribution in [0.4, 0.5) is 11.4 Å². The fraction of sp³-hybridized carbons (Fsp3) is 0.300. The number of hydrogen-bond acceptors (Lipinski definition) is 3. The highest BCUT2D eigenvalue weighted by Gasteiger charge is 2.38. The van der Waals surface area contributed by atoms with Crippen LogP contribution >= 0.6 is 0 Å². The Morgan fingerprint density at radius 2 is 1.92 bits per heavy atom. The zero-order valence-electron chi connectivity index (χ0n) is 13.8. The summed E-state index contributed by atoms with van der Waals surface area (Å²) in [6.45, 7) is 4.30. The third kappa shape index (κ3) is 2.30. The van der Waals surface area contributed by atoms with Crippen LogP contribution in [0, 0.1) is 29.9 Å². The molecule has 0 saturated carbocycles. The maximum Gasteiger partial charge on any atom is 0.269 e. The maximum absolute atomic E-state index is 10.9. The van der Waals surface area contributed by atoms with Crippen LogP contribution in [0.3, 0.4) is 0 Å². The van der Waals surface area contributed by atoms with Gasteiger partial charge in [-0.05, 0) is 54.5 Å². The van der Waals surface area contributed by atoms with Crippen LogP contribution in [0.5, 0.6) is 0 Å². The van der Waals surface area contributed by atoms with Gasteiger partial charge in [-0.3, -0.25) is 10.1 Å². The molecule has 0 saturated heterocycles. The molecule has 4 heteroatoms. The van der Waals surface area contributed by atoms with E-state index in [0.717, 1.165) is 12.0 Å². The Morgan fingerprint density at radius 3 is 2.62 bits per heavy atom. The molecule has 4 rings (SSSR count). The van der Waals surface area contributed by atoms with Gasteiger partial charge in [0, 0.05) is 23.7 Å². The minimum absolute atomic E-state index is 0.141. The number of nitro groups is 1. The molecule has 0 bridgehead atoms. The first-order chi connectivity index (χ1) is 11.5. The number of anilines is 1. The van der Waals surface area contributed by atoms with Crippen molar-refractivity contribution in [1.82, 2.24) is 0 Å². The predicted octanol–water partition coefficient (Wildman–Crippen LogP) is 5.04. The van der Waals surface area contributed by atoms with E-state index in [0.29, 0.717) is 11.8 Å². The first-order valence-electron chi connectivity index (χ1n) is 8.33. The Hall–Kier alpha value is -2.62. The van der Waals surface area contributed by atoms with Crippen LogP contribution < -0.4 is 5.32 Å². The zero-order chi connectivity index (χ0) is 16.8. The molecule has 1 aliphatic heterocycles. The molecule has 2 aliphatic rings. The number of hydrogen-bond donors (Lipinski definition) is 1. The van der Waals surface area contributed by atoms with Gasteiger partial charge in [-0.2, -0.15) is 0 Å². The van der Waals surface area contributed by atoms with E-state index in [4.69, 9.17) is 0 Å². The van der Waals surface area contributed by atoms with Crippen molar-refractivity contribution in [2.75, 3.05) is 5.32 Å². The van der Waals surface area contributed by atoms with E-state index in [-0.39, 0.29) is 16.7 Å². The van der Waals surface area contributed by atoms with E-state index in [1.54, 1.807) is 12.1 Å². The van der Waals surface area contributed by atoms with Crippen LogP contribution in [-0.4, -0.2) is 4.92 Å². The molecule has 122 valence electrons.